The van der Waals surface area contributed by atoms with Crippen LogP contribution in [0.15, 0.2) is 0 Å². The predicted molar refractivity (Wildman–Crippen MR) is 68.1 cm³/mol. The third-order valence-electron chi connectivity index (χ3n) is 4.88. The fraction of sp³-hybridized carbons (Fsp3) is 0.923. The zero-order chi connectivity index (χ0) is 12.8. The van der Waals surface area contributed by atoms with Gasteiger partial charge in [0.05, 0.1) is 18.6 Å². The van der Waals surface area contributed by atoms with Crippen molar-refractivity contribution < 1.29 is 9.53 Å². The van der Waals surface area contributed by atoms with E-state index >= 15 is 0 Å². The molecule has 5 heteroatoms. The van der Waals surface area contributed by atoms with Gasteiger partial charge in [-0.25, -0.2) is 0 Å². The van der Waals surface area contributed by atoms with Gasteiger partial charge < -0.3 is 15.4 Å². The second kappa shape index (κ2) is 4.47. The van der Waals surface area contributed by atoms with Crippen molar-refractivity contribution in [3.05, 3.63) is 0 Å². The largest absolute Gasteiger partial charge is 0.379 e. The van der Waals surface area contributed by atoms with E-state index in [1.807, 2.05) is 11.8 Å². The van der Waals surface area contributed by atoms with Crippen LogP contribution < -0.4 is 5.73 Å². The lowest BCUT2D eigenvalue weighted by molar-refractivity contribution is -0.144. The number of rotatable bonds is 1. The Balaban J connectivity index is 1.69. The van der Waals surface area contributed by atoms with Crippen LogP contribution in [0.4, 0.5) is 0 Å². The van der Waals surface area contributed by atoms with Gasteiger partial charge in [-0.3, -0.25) is 9.69 Å². The first-order valence-electron chi connectivity index (χ1n) is 6.98. The maximum Gasteiger partial charge on any atom is 0.232 e. The van der Waals surface area contributed by atoms with E-state index in [0.29, 0.717) is 19.3 Å². The molecule has 2 N–H and O–H groups in total. The van der Waals surface area contributed by atoms with E-state index < -0.39 is 5.41 Å². The zero-order valence-corrected chi connectivity index (χ0v) is 11.1. The lowest BCUT2D eigenvalue weighted by Gasteiger charge is -2.41. The highest BCUT2D eigenvalue weighted by molar-refractivity contribution is 5.84. The SMILES string of the molecule is CC1(C(=O)N2CCN3CCCC3C2)COCC1N. The van der Waals surface area contributed by atoms with Gasteiger partial charge in [0.15, 0.2) is 0 Å². The molecule has 18 heavy (non-hydrogen) atoms. The minimum absolute atomic E-state index is 0.161. The highest BCUT2D eigenvalue weighted by Crippen LogP contribution is 2.31. The third kappa shape index (κ3) is 1.85. The molecule has 0 aromatic rings. The van der Waals surface area contributed by atoms with Crippen molar-refractivity contribution in [3.63, 3.8) is 0 Å². The number of fused-ring (bicyclic) bond motifs is 1. The molecular weight excluding hydrogens is 230 g/mol. The van der Waals surface area contributed by atoms with Gasteiger partial charge in [0.1, 0.15) is 0 Å². The number of ether oxygens (including phenoxy) is 1. The molecular formula is C13H23N3O2. The van der Waals surface area contributed by atoms with Gasteiger partial charge in [-0.2, -0.15) is 0 Å². The summed E-state index contributed by atoms with van der Waals surface area (Å²) in [7, 11) is 0. The molecule has 3 aliphatic rings. The van der Waals surface area contributed by atoms with Crippen molar-refractivity contribution in [2.75, 3.05) is 39.4 Å². The van der Waals surface area contributed by atoms with Crippen LogP contribution in [0.2, 0.25) is 0 Å². The van der Waals surface area contributed by atoms with E-state index in [4.69, 9.17) is 10.5 Å². The number of nitrogens with zero attached hydrogens (tertiary/aromatic N) is 2. The number of hydrogen-bond acceptors (Lipinski definition) is 4. The van der Waals surface area contributed by atoms with Gasteiger partial charge in [-0.05, 0) is 26.3 Å². The minimum atomic E-state index is -0.513. The summed E-state index contributed by atoms with van der Waals surface area (Å²) >= 11 is 0. The van der Waals surface area contributed by atoms with Gasteiger partial charge in [0, 0.05) is 31.7 Å². The number of carbonyl (C=O) groups is 1. The molecule has 3 heterocycles. The summed E-state index contributed by atoms with van der Waals surface area (Å²) < 4.78 is 5.39. The number of nitrogens with two attached hydrogens (primary N) is 1. The van der Waals surface area contributed by atoms with Crippen molar-refractivity contribution >= 4 is 5.91 Å². The molecule has 0 bridgehead atoms. The van der Waals surface area contributed by atoms with E-state index in [9.17, 15) is 4.79 Å². The summed E-state index contributed by atoms with van der Waals surface area (Å²) in [5.74, 6) is 0.194. The maximum absolute atomic E-state index is 12.7. The number of piperazine rings is 1. The third-order valence-corrected chi connectivity index (χ3v) is 4.88. The Kier molecular flexibility index (Phi) is 3.08. The molecule has 0 saturated carbocycles. The molecule has 3 aliphatic heterocycles. The summed E-state index contributed by atoms with van der Waals surface area (Å²) in [5.41, 5.74) is 5.53. The average Bonchev–Trinajstić information content (AvgIpc) is 2.96. The monoisotopic (exact) mass is 253 g/mol. The van der Waals surface area contributed by atoms with Crippen molar-refractivity contribution in [2.24, 2.45) is 11.1 Å². The molecule has 3 rings (SSSR count). The molecule has 0 aromatic heterocycles. The van der Waals surface area contributed by atoms with Crippen molar-refractivity contribution in [1.82, 2.24) is 9.80 Å². The van der Waals surface area contributed by atoms with Crippen LogP contribution in [0.5, 0.6) is 0 Å². The molecule has 0 radical (unpaired) electrons. The summed E-state index contributed by atoms with van der Waals surface area (Å²) in [6, 6.07) is 0.413. The van der Waals surface area contributed by atoms with Crippen LogP contribution in [0.25, 0.3) is 0 Å². The van der Waals surface area contributed by atoms with E-state index in [1.54, 1.807) is 0 Å². The normalized spacial score (nSPS) is 41.1. The zero-order valence-electron chi connectivity index (χ0n) is 11.1. The maximum atomic E-state index is 12.7. The number of amides is 1. The first-order valence-corrected chi connectivity index (χ1v) is 6.98. The van der Waals surface area contributed by atoms with E-state index in [1.165, 1.54) is 19.4 Å². The van der Waals surface area contributed by atoms with Crippen LogP contribution in [0, 0.1) is 5.41 Å². The fourth-order valence-corrected chi connectivity index (χ4v) is 3.45. The Morgan fingerprint density at radius 1 is 1.39 bits per heavy atom. The van der Waals surface area contributed by atoms with Gasteiger partial charge in [-0.15, -0.1) is 0 Å². The second-order valence-electron chi connectivity index (χ2n) is 6.12. The van der Waals surface area contributed by atoms with Crippen LogP contribution in [-0.2, 0) is 9.53 Å². The molecule has 0 spiro atoms. The molecule has 102 valence electrons. The summed E-state index contributed by atoms with van der Waals surface area (Å²) in [5, 5.41) is 0. The van der Waals surface area contributed by atoms with E-state index in [-0.39, 0.29) is 11.9 Å². The lowest BCUT2D eigenvalue weighted by atomic mass is 9.84. The molecule has 3 saturated heterocycles. The molecule has 3 atom stereocenters. The quantitative estimate of drug-likeness (QED) is 0.694. The summed E-state index contributed by atoms with van der Waals surface area (Å²) in [4.78, 5) is 17.2. The number of hydrogen-bond donors (Lipinski definition) is 1. The highest BCUT2D eigenvalue weighted by atomic mass is 16.5. The Morgan fingerprint density at radius 3 is 2.94 bits per heavy atom. The van der Waals surface area contributed by atoms with E-state index in [2.05, 4.69) is 4.90 Å². The van der Waals surface area contributed by atoms with Crippen LogP contribution in [0.1, 0.15) is 19.8 Å². The first-order chi connectivity index (χ1) is 8.61. The van der Waals surface area contributed by atoms with Crippen LogP contribution in [0.3, 0.4) is 0 Å². The standard InChI is InChI=1S/C13H23N3O2/c1-13(9-18-8-11(13)14)12(17)16-6-5-15-4-2-3-10(15)7-16/h10-11H,2-9,14H2,1H3. The summed E-state index contributed by atoms with van der Waals surface area (Å²) in [6.45, 7) is 6.87. The smallest absolute Gasteiger partial charge is 0.232 e. The Morgan fingerprint density at radius 2 is 2.22 bits per heavy atom. The van der Waals surface area contributed by atoms with Crippen molar-refractivity contribution in [3.8, 4) is 0 Å². The molecule has 3 unspecified atom stereocenters. The van der Waals surface area contributed by atoms with Gasteiger partial charge in [0.2, 0.25) is 5.91 Å². The number of carbonyl (C=O) groups excluding carboxylic acids is 1. The lowest BCUT2D eigenvalue weighted by Crippen LogP contribution is -2.58. The predicted octanol–water partition coefficient (Wildman–Crippen LogP) is -0.343. The van der Waals surface area contributed by atoms with Gasteiger partial charge in [-0.1, -0.05) is 0 Å². The van der Waals surface area contributed by atoms with Crippen molar-refractivity contribution in [1.29, 1.82) is 0 Å². The summed E-state index contributed by atoms with van der Waals surface area (Å²) in [6.07, 6.45) is 2.50. The van der Waals surface area contributed by atoms with Crippen LogP contribution in [-0.4, -0.2) is 67.2 Å². The molecule has 3 fully saturated rings. The topological polar surface area (TPSA) is 58.8 Å². The molecule has 1 amide bonds. The van der Waals surface area contributed by atoms with Crippen LogP contribution >= 0.6 is 0 Å². The Bertz CT molecular complexity index is 349. The first kappa shape index (κ1) is 12.4. The fourth-order valence-electron chi connectivity index (χ4n) is 3.45. The minimum Gasteiger partial charge on any atom is -0.379 e. The highest BCUT2D eigenvalue weighted by Gasteiger charge is 2.47. The molecule has 0 aliphatic carbocycles. The molecule has 5 nitrogen and oxygen atoms in total. The Hall–Kier alpha value is -0.650. The van der Waals surface area contributed by atoms with Crippen molar-refractivity contribution in [2.45, 2.75) is 31.8 Å². The second-order valence-corrected chi connectivity index (χ2v) is 6.12. The molecule has 0 aromatic carbocycles. The van der Waals surface area contributed by atoms with E-state index in [0.717, 1.165) is 19.6 Å². The van der Waals surface area contributed by atoms with Gasteiger partial charge in [0.25, 0.3) is 0 Å². The average molecular weight is 253 g/mol. The Labute approximate surface area is 108 Å². The van der Waals surface area contributed by atoms with Gasteiger partial charge >= 0.3 is 0 Å².